The van der Waals surface area contributed by atoms with E-state index in [0.717, 1.165) is 23.6 Å². The smallest absolute Gasteiger partial charge is 0.123 e. The summed E-state index contributed by atoms with van der Waals surface area (Å²) in [5.74, 6) is 0.217. The lowest BCUT2D eigenvalue weighted by Gasteiger charge is -1.96. The van der Waals surface area contributed by atoms with E-state index in [2.05, 4.69) is 28.1 Å². The molecule has 0 bridgehead atoms. The highest BCUT2D eigenvalue weighted by Crippen LogP contribution is 2.27. The summed E-state index contributed by atoms with van der Waals surface area (Å²) >= 11 is 3.42. The number of rotatable bonds is 1. The Morgan fingerprint density at radius 2 is 2.08 bits per heavy atom. The van der Waals surface area contributed by atoms with E-state index in [0.29, 0.717) is 0 Å². The van der Waals surface area contributed by atoms with Gasteiger partial charge < -0.3 is 4.79 Å². The number of benzene rings is 1. The molecule has 62 valence electrons. The van der Waals surface area contributed by atoms with Crippen molar-refractivity contribution in [1.29, 1.82) is 0 Å². The van der Waals surface area contributed by atoms with Crippen molar-refractivity contribution in [3.05, 3.63) is 33.8 Å². The maximum atomic E-state index is 10.5. The molecular formula is C10H9BrO. The zero-order valence-electron chi connectivity index (χ0n) is 6.59. The van der Waals surface area contributed by atoms with Gasteiger partial charge in [0.1, 0.15) is 6.29 Å². The lowest BCUT2D eigenvalue weighted by molar-refractivity contribution is -0.110. The summed E-state index contributed by atoms with van der Waals surface area (Å²) in [4.78, 5) is 10.5. The largest absolute Gasteiger partial charge is 0.303 e. The molecule has 2 rings (SSSR count). The van der Waals surface area contributed by atoms with Crippen LogP contribution in [-0.4, -0.2) is 6.29 Å². The van der Waals surface area contributed by atoms with E-state index in [-0.39, 0.29) is 5.92 Å². The van der Waals surface area contributed by atoms with Crippen molar-refractivity contribution in [3.63, 3.8) is 0 Å². The first kappa shape index (κ1) is 7.99. The Morgan fingerprint density at radius 1 is 1.33 bits per heavy atom. The van der Waals surface area contributed by atoms with Gasteiger partial charge in [-0.2, -0.15) is 0 Å². The Bertz CT molecular complexity index is 320. The lowest BCUT2D eigenvalue weighted by Crippen LogP contribution is -1.99. The zero-order valence-corrected chi connectivity index (χ0v) is 8.17. The number of carbonyl (C=O) groups excluding carboxylic acids is 1. The highest BCUT2D eigenvalue weighted by molar-refractivity contribution is 9.10. The van der Waals surface area contributed by atoms with E-state index < -0.39 is 0 Å². The molecule has 1 atom stereocenters. The van der Waals surface area contributed by atoms with Gasteiger partial charge in [0.15, 0.2) is 0 Å². The van der Waals surface area contributed by atoms with Crippen LogP contribution in [0.25, 0.3) is 0 Å². The minimum atomic E-state index is 0.217. The van der Waals surface area contributed by atoms with Gasteiger partial charge in [0.2, 0.25) is 0 Å². The predicted octanol–water partition coefficient (Wildman–Crippen LogP) is 2.36. The maximum absolute atomic E-state index is 10.5. The van der Waals surface area contributed by atoms with E-state index in [1.807, 2.05) is 6.07 Å². The molecule has 12 heavy (non-hydrogen) atoms. The number of hydrogen-bond acceptors (Lipinski definition) is 1. The molecule has 1 nitrogen and oxygen atoms in total. The summed E-state index contributed by atoms with van der Waals surface area (Å²) in [6, 6.07) is 6.24. The molecule has 0 saturated carbocycles. The molecule has 0 unspecified atom stereocenters. The molecule has 0 spiro atoms. The van der Waals surface area contributed by atoms with Crippen LogP contribution in [0.2, 0.25) is 0 Å². The topological polar surface area (TPSA) is 17.1 Å². The van der Waals surface area contributed by atoms with Crippen LogP contribution in [0, 0.1) is 5.92 Å². The van der Waals surface area contributed by atoms with Crippen LogP contribution >= 0.6 is 15.9 Å². The van der Waals surface area contributed by atoms with Crippen molar-refractivity contribution >= 4 is 22.2 Å². The summed E-state index contributed by atoms with van der Waals surface area (Å²) in [6.07, 6.45) is 2.90. The average molecular weight is 225 g/mol. The molecule has 0 heterocycles. The molecule has 0 saturated heterocycles. The monoisotopic (exact) mass is 224 g/mol. The van der Waals surface area contributed by atoms with Gasteiger partial charge in [-0.15, -0.1) is 0 Å². The number of aldehydes is 1. The van der Waals surface area contributed by atoms with E-state index in [9.17, 15) is 4.79 Å². The number of carbonyl (C=O) groups is 1. The van der Waals surface area contributed by atoms with Crippen molar-refractivity contribution in [1.82, 2.24) is 0 Å². The number of fused-ring (bicyclic) bond motifs is 1. The van der Waals surface area contributed by atoms with Gasteiger partial charge in [-0.25, -0.2) is 0 Å². The van der Waals surface area contributed by atoms with E-state index in [4.69, 9.17) is 0 Å². The first-order chi connectivity index (χ1) is 5.79. The minimum absolute atomic E-state index is 0.217. The Balaban J connectivity index is 2.35. The van der Waals surface area contributed by atoms with Gasteiger partial charge in [-0.3, -0.25) is 0 Å². The predicted molar refractivity (Wildman–Crippen MR) is 51.1 cm³/mol. The average Bonchev–Trinajstić information content (AvgIpc) is 2.46. The summed E-state index contributed by atoms with van der Waals surface area (Å²) in [5, 5.41) is 0. The van der Waals surface area contributed by atoms with Crippen LogP contribution in [0.5, 0.6) is 0 Å². The normalized spacial score (nSPS) is 20.6. The summed E-state index contributed by atoms with van der Waals surface area (Å²) in [6.45, 7) is 0. The maximum Gasteiger partial charge on any atom is 0.123 e. The molecule has 1 aliphatic carbocycles. The Labute approximate surface area is 79.9 Å². The van der Waals surface area contributed by atoms with Crippen LogP contribution in [0.1, 0.15) is 11.1 Å². The summed E-state index contributed by atoms with van der Waals surface area (Å²) < 4.78 is 1.10. The van der Waals surface area contributed by atoms with Gasteiger partial charge in [-0.05, 0) is 36.1 Å². The van der Waals surface area contributed by atoms with Crippen molar-refractivity contribution in [3.8, 4) is 0 Å². The van der Waals surface area contributed by atoms with Crippen molar-refractivity contribution in [2.45, 2.75) is 12.8 Å². The molecular weight excluding hydrogens is 216 g/mol. The lowest BCUT2D eigenvalue weighted by atomic mass is 10.1. The molecule has 0 aliphatic heterocycles. The second kappa shape index (κ2) is 3.02. The van der Waals surface area contributed by atoms with E-state index >= 15 is 0 Å². The van der Waals surface area contributed by atoms with E-state index in [1.165, 1.54) is 11.1 Å². The molecule has 1 aromatic rings. The highest BCUT2D eigenvalue weighted by atomic mass is 79.9. The third-order valence-electron chi connectivity index (χ3n) is 2.32. The van der Waals surface area contributed by atoms with Crippen LogP contribution < -0.4 is 0 Å². The third-order valence-corrected chi connectivity index (χ3v) is 2.82. The van der Waals surface area contributed by atoms with Gasteiger partial charge in [0.25, 0.3) is 0 Å². The zero-order chi connectivity index (χ0) is 8.55. The van der Waals surface area contributed by atoms with Crippen LogP contribution in [0.15, 0.2) is 22.7 Å². The van der Waals surface area contributed by atoms with Crippen LogP contribution in [-0.2, 0) is 17.6 Å². The number of hydrogen-bond donors (Lipinski definition) is 0. The van der Waals surface area contributed by atoms with Gasteiger partial charge >= 0.3 is 0 Å². The summed E-state index contributed by atoms with van der Waals surface area (Å²) in [7, 11) is 0. The first-order valence-electron chi connectivity index (χ1n) is 4.02. The molecule has 0 N–H and O–H groups in total. The Kier molecular flexibility index (Phi) is 2.01. The van der Waals surface area contributed by atoms with Crippen LogP contribution in [0.4, 0.5) is 0 Å². The molecule has 0 amide bonds. The fourth-order valence-electron chi connectivity index (χ4n) is 1.72. The first-order valence-corrected chi connectivity index (χ1v) is 4.81. The SMILES string of the molecule is O=C[C@H]1Cc2ccc(Br)cc2C1. The summed E-state index contributed by atoms with van der Waals surface area (Å²) in [5.41, 5.74) is 2.65. The molecule has 0 aromatic heterocycles. The number of halogens is 1. The fourth-order valence-corrected chi connectivity index (χ4v) is 2.13. The minimum Gasteiger partial charge on any atom is -0.303 e. The van der Waals surface area contributed by atoms with Gasteiger partial charge in [0, 0.05) is 10.4 Å². The molecule has 2 heteroatoms. The van der Waals surface area contributed by atoms with Crippen molar-refractivity contribution in [2.75, 3.05) is 0 Å². The van der Waals surface area contributed by atoms with Crippen molar-refractivity contribution in [2.24, 2.45) is 5.92 Å². The molecule has 0 fully saturated rings. The molecule has 0 radical (unpaired) electrons. The van der Waals surface area contributed by atoms with Crippen LogP contribution in [0.3, 0.4) is 0 Å². The Morgan fingerprint density at radius 3 is 2.83 bits per heavy atom. The highest BCUT2D eigenvalue weighted by Gasteiger charge is 2.20. The Hall–Kier alpha value is -0.630. The second-order valence-corrected chi connectivity index (χ2v) is 4.13. The second-order valence-electron chi connectivity index (χ2n) is 3.22. The molecule has 1 aliphatic rings. The molecule has 1 aromatic carbocycles. The fraction of sp³-hybridized carbons (Fsp3) is 0.300. The van der Waals surface area contributed by atoms with Gasteiger partial charge in [-0.1, -0.05) is 22.0 Å². The van der Waals surface area contributed by atoms with Crippen molar-refractivity contribution < 1.29 is 4.79 Å². The van der Waals surface area contributed by atoms with Gasteiger partial charge in [0.05, 0.1) is 0 Å². The quantitative estimate of drug-likeness (QED) is 0.670. The third kappa shape index (κ3) is 1.31. The standard InChI is InChI=1S/C10H9BrO/c11-10-2-1-8-3-7(6-12)4-9(8)5-10/h1-2,5-7H,3-4H2/t7-/m0/s1. The van der Waals surface area contributed by atoms with E-state index in [1.54, 1.807) is 0 Å².